The van der Waals surface area contributed by atoms with Gasteiger partial charge in [-0.2, -0.15) is 0 Å². The fraction of sp³-hybridized carbons (Fsp3) is 0.333. The van der Waals surface area contributed by atoms with E-state index in [0.717, 1.165) is 41.1 Å². The molecule has 0 spiro atoms. The van der Waals surface area contributed by atoms with Crippen molar-refractivity contribution in [2.75, 3.05) is 10.8 Å². The van der Waals surface area contributed by atoms with Crippen molar-refractivity contribution >= 4 is 39.1 Å². The third kappa shape index (κ3) is 6.99. The van der Waals surface area contributed by atoms with Gasteiger partial charge in [-0.3, -0.25) is 13.9 Å². The van der Waals surface area contributed by atoms with Crippen LogP contribution in [0.1, 0.15) is 43.7 Å². The van der Waals surface area contributed by atoms with Gasteiger partial charge < -0.3 is 10.2 Å². The number of rotatable bonds is 10. The molecule has 2 amide bonds. The molecule has 1 aliphatic rings. The van der Waals surface area contributed by atoms with Crippen molar-refractivity contribution < 1.29 is 18.0 Å². The summed E-state index contributed by atoms with van der Waals surface area (Å²) in [5.74, 6) is -0.740. The molecule has 0 bridgehead atoms. The van der Waals surface area contributed by atoms with Gasteiger partial charge in [0.2, 0.25) is 11.8 Å². The second kappa shape index (κ2) is 12.7. The lowest BCUT2D eigenvalue weighted by molar-refractivity contribution is -0.139. The number of hydrogen-bond donors (Lipinski definition) is 1. The van der Waals surface area contributed by atoms with Crippen LogP contribution in [0.25, 0.3) is 0 Å². The summed E-state index contributed by atoms with van der Waals surface area (Å²) in [6.07, 6.45) is 3.97. The molecule has 3 aromatic carbocycles. The Morgan fingerprint density at radius 3 is 2.31 bits per heavy atom. The average molecular weight is 568 g/mol. The number of carbonyl (C=O) groups is 2. The molecule has 0 heterocycles. The highest BCUT2D eigenvalue weighted by Crippen LogP contribution is 2.27. The van der Waals surface area contributed by atoms with Gasteiger partial charge in [-0.1, -0.05) is 73.0 Å². The maximum Gasteiger partial charge on any atom is 0.264 e. The van der Waals surface area contributed by atoms with Crippen LogP contribution in [-0.4, -0.2) is 43.8 Å². The first-order valence-electron chi connectivity index (χ1n) is 13.1. The van der Waals surface area contributed by atoms with E-state index in [1.807, 2.05) is 31.2 Å². The number of benzene rings is 3. The molecule has 0 aromatic heterocycles. The highest BCUT2D eigenvalue weighted by molar-refractivity contribution is 7.92. The van der Waals surface area contributed by atoms with E-state index in [4.69, 9.17) is 11.6 Å². The van der Waals surface area contributed by atoms with Crippen LogP contribution in [0.15, 0.2) is 83.8 Å². The summed E-state index contributed by atoms with van der Waals surface area (Å²) in [5.41, 5.74) is 2.12. The van der Waals surface area contributed by atoms with Crippen LogP contribution < -0.4 is 9.62 Å². The minimum absolute atomic E-state index is 0.0512. The van der Waals surface area contributed by atoms with Crippen molar-refractivity contribution in [3.8, 4) is 0 Å². The number of nitrogens with zero attached hydrogens (tertiary/aromatic N) is 2. The topological polar surface area (TPSA) is 86.8 Å². The van der Waals surface area contributed by atoms with Crippen molar-refractivity contribution in [3.63, 3.8) is 0 Å². The Balaban J connectivity index is 1.69. The van der Waals surface area contributed by atoms with Crippen LogP contribution in [0.2, 0.25) is 5.02 Å². The zero-order valence-electron chi connectivity index (χ0n) is 22.2. The summed E-state index contributed by atoms with van der Waals surface area (Å²) in [7, 11) is -4.12. The monoisotopic (exact) mass is 567 g/mol. The van der Waals surface area contributed by atoms with Gasteiger partial charge in [-0.05, 0) is 68.1 Å². The number of halogens is 1. The van der Waals surface area contributed by atoms with Crippen molar-refractivity contribution in [1.82, 2.24) is 10.2 Å². The third-order valence-corrected chi connectivity index (χ3v) is 9.20. The minimum Gasteiger partial charge on any atom is -0.352 e. The Morgan fingerprint density at radius 1 is 0.974 bits per heavy atom. The summed E-state index contributed by atoms with van der Waals surface area (Å²) in [6, 6.07) is 21.3. The lowest BCUT2D eigenvalue weighted by atomic mass is 10.1. The van der Waals surface area contributed by atoms with Crippen molar-refractivity contribution in [1.29, 1.82) is 0 Å². The zero-order valence-corrected chi connectivity index (χ0v) is 23.8. The number of sulfonamides is 1. The molecule has 1 aliphatic carbocycles. The Bertz CT molecular complexity index is 1410. The molecule has 7 nitrogen and oxygen atoms in total. The number of carbonyl (C=O) groups excluding carboxylic acids is 2. The van der Waals surface area contributed by atoms with Gasteiger partial charge in [0.25, 0.3) is 10.0 Å². The zero-order chi connectivity index (χ0) is 28.0. The van der Waals surface area contributed by atoms with Crippen molar-refractivity contribution in [2.45, 2.75) is 63.1 Å². The highest BCUT2D eigenvalue weighted by Gasteiger charge is 2.33. The number of amides is 2. The number of anilines is 1. The Labute approximate surface area is 235 Å². The van der Waals surface area contributed by atoms with E-state index in [1.54, 1.807) is 43.3 Å². The molecule has 0 aliphatic heterocycles. The average Bonchev–Trinajstić information content (AvgIpc) is 3.44. The highest BCUT2D eigenvalue weighted by atomic mass is 35.5. The maximum atomic E-state index is 14.0. The predicted octanol–water partition coefficient (Wildman–Crippen LogP) is 5.32. The molecule has 4 rings (SSSR count). The maximum absolute atomic E-state index is 14.0. The third-order valence-electron chi connectivity index (χ3n) is 7.18. The lowest BCUT2D eigenvalue weighted by Crippen LogP contribution is -2.52. The molecule has 0 unspecified atom stereocenters. The molecule has 1 saturated carbocycles. The molecule has 1 N–H and O–H groups in total. The minimum atomic E-state index is -4.12. The van der Waals surface area contributed by atoms with Crippen LogP contribution in [-0.2, 0) is 26.2 Å². The van der Waals surface area contributed by atoms with Gasteiger partial charge >= 0.3 is 0 Å². The first-order chi connectivity index (χ1) is 18.7. The predicted molar refractivity (Wildman–Crippen MR) is 154 cm³/mol. The van der Waals surface area contributed by atoms with Gasteiger partial charge in [-0.25, -0.2) is 8.42 Å². The Morgan fingerprint density at radius 2 is 1.64 bits per heavy atom. The van der Waals surface area contributed by atoms with Crippen LogP contribution in [0.5, 0.6) is 0 Å². The number of nitrogens with one attached hydrogen (secondary N) is 1. The summed E-state index contributed by atoms with van der Waals surface area (Å²) in [5, 5.41) is 3.42. The molecule has 39 heavy (non-hydrogen) atoms. The summed E-state index contributed by atoms with van der Waals surface area (Å²) in [6.45, 7) is 3.30. The molecular formula is C30H34ClN3O4S. The smallest absolute Gasteiger partial charge is 0.264 e. The fourth-order valence-electron chi connectivity index (χ4n) is 4.83. The molecule has 1 fully saturated rings. The van der Waals surface area contributed by atoms with E-state index in [1.165, 1.54) is 23.1 Å². The summed E-state index contributed by atoms with van der Waals surface area (Å²) >= 11 is 6.21. The normalized spacial score (nSPS) is 14.5. The lowest BCUT2D eigenvalue weighted by Gasteiger charge is -2.33. The van der Waals surface area contributed by atoms with Gasteiger partial charge in [0.1, 0.15) is 12.6 Å². The summed E-state index contributed by atoms with van der Waals surface area (Å²) in [4.78, 5) is 28.8. The molecule has 1 atom stereocenters. The van der Waals surface area contributed by atoms with Crippen LogP contribution in [0.3, 0.4) is 0 Å². The van der Waals surface area contributed by atoms with Crippen molar-refractivity contribution in [2.24, 2.45) is 0 Å². The SMILES string of the molecule is Cc1ccccc1CN(C(=O)CN(c1cccc(Cl)c1)S(=O)(=O)c1ccccc1)[C@H](C)C(=O)NC1CCCC1. The second-order valence-electron chi connectivity index (χ2n) is 9.92. The van der Waals surface area contributed by atoms with E-state index < -0.39 is 28.5 Å². The van der Waals surface area contributed by atoms with Gasteiger partial charge in [-0.15, -0.1) is 0 Å². The molecule has 3 aromatic rings. The van der Waals surface area contributed by atoms with Crippen LogP contribution in [0.4, 0.5) is 5.69 Å². The number of aryl methyl sites for hydroxylation is 1. The van der Waals surface area contributed by atoms with E-state index in [0.29, 0.717) is 5.02 Å². The van der Waals surface area contributed by atoms with Crippen LogP contribution in [0, 0.1) is 6.92 Å². The Hall–Kier alpha value is -3.36. The molecule has 206 valence electrons. The van der Waals surface area contributed by atoms with Gasteiger partial charge in [0, 0.05) is 17.6 Å². The van der Waals surface area contributed by atoms with Gasteiger partial charge in [0.15, 0.2) is 0 Å². The summed E-state index contributed by atoms with van der Waals surface area (Å²) < 4.78 is 28.6. The van der Waals surface area contributed by atoms with E-state index in [9.17, 15) is 18.0 Å². The molecule has 9 heteroatoms. The van der Waals surface area contributed by atoms with Gasteiger partial charge in [0.05, 0.1) is 10.6 Å². The molecule has 0 radical (unpaired) electrons. The first-order valence-corrected chi connectivity index (χ1v) is 15.0. The second-order valence-corrected chi connectivity index (χ2v) is 12.2. The largest absolute Gasteiger partial charge is 0.352 e. The van der Waals surface area contributed by atoms with E-state index in [-0.39, 0.29) is 29.1 Å². The van der Waals surface area contributed by atoms with Crippen molar-refractivity contribution in [3.05, 3.63) is 95.0 Å². The molecule has 0 saturated heterocycles. The number of hydrogen-bond acceptors (Lipinski definition) is 4. The standard InChI is InChI=1S/C30H34ClN3O4S/c1-22-11-6-7-12-24(22)20-33(23(2)30(36)32-26-14-8-9-15-26)29(35)21-34(27-16-10-13-25(31)19-27)39(37,38)28-17-4-3-5-18-28/h3-7,10-13,16-19,23,26H,8-9,14-15,20-21H2,1-2H3,(H,32,36)/t23-/m1/s1. The quantitative estimate of drug-likeness (QED) is 0.359. The van der Waals surface area contributed by atoms with E-state index in [2.05, 4.69) is 5.32 Å². The van der Waals surface area contributed by atoms with Crippen LogP contribution >= 0.6 is 11.6 Å². The fourth-order valence-corrected chi connectivity index (χ4v) is 6.44. The molecular weight excluding hydrogens is 534 g/mol. The first kappa shape index (κ1) is 28.6. The Kier molecular flexibility index (Phi) is 9.30. The van der Waals surface area contributed by atoms with E-state index >= 15 is 0 Å².